The maximum atomic E-state index is 11.8. The molecular weight excluding hydrogens is 386 g/mol. The third-order valence-corrected chi connectivity index (χ3v) is 4.49. The lowest BCUT2D eigenvalue weighted by Gasteiger charge is -2.19. The molecule has 1 saturated heterocycles. The molecule has 0 atom stereocenters. The number of hydrogen-bond acceptors (Lipinski definition) is 7. The van der Waals surface area contributed by atoms with Crippen molar-refractivity contribution in [2.45, 2.75) is 12.9 Å². The van der Waals surface area contributed by atoms with E-state index in [2.05, 4.69) is 4.98 Å². The van der Waals surface area contributed by atoms with Gasteiger partial charge in [0.2, 0.25) is 5.88 Å². The van der Waals surface area contributed by atoms with Crippen LogP contribution in [0.5, 0.6) is 17.4 Å². The van der Waals surface area contributed by atoms with E-state index >= 15 is 0 Å². The first kappa shape index (κ1) is 19.9. The van der Waals surface area contributed by atoms with Crippen LogP contribution < -0.4 is 9.47 Å². The molecule has 7 heteroatoms. The van der Waals surface area contributed by atoms with Crippen molar-refractivity contribution in [1.82, 2.24) is 4.98 Å². The number of carbonyl (C=O) groups excluding carboxylic acids is 1. The second-order valence-electron chi connectivity index (χ2n) is 6.49. The van der Waals surface area contributed by atoms with Crippen LogP contribution in [0.4, 0.5) is 0 Å². The van der Waals surface area contributed by atoms with Gasteiger partial charge >= 0.3 is 5.97 Å². The number of ether oxygens (including phenoxy) is 5. The zero-order valence-corrected chi connectivity index (χ0v) is 16.4. The van der Waals surface area contributed by atoms with Crippen molar-refractivity contribution in [3.63, 3.8) is 0 Å². The van der Waals surface area contributed by atoms with Gasteiger partial charge in [-0.3, -0.25) is 0 Å². The van der Waals surface area contributed by atoms with Gasteiger partial charge < -0.3 is 23.7 Å². The molecule has 3 aromatic rings. The van der Waals surface area contributed by atoms with Gasteiger partial charge in [-0.05, 0) is 23.8 Å². The van der Waals surface area contributed by atoms with E-state index in [1.54, 1.807) is 12.1 Å². The smallest absolute Gasteiger partial charge is 0.338 e. The molecule has 1 aliphatic rings. The number of aromatic nitrogens is 1. The van der Waals surface area contributed by atoms with Crippen LogP contribution in [0, 0.1) is 0 Å². The molecule has 7 nitrogen and oxygen atoms in total. The van der Waals surface area contributed by atoms with Crippen LogP contribution in [0.1, 0.15) is 27.8 Å². The lowest BCUT2D eigenvalue weighted by molar-refractivity contribution is -0.0470. The summed E-state index contributed by atoms with van der Waals surface area (Å²) in [6.07, 6.45) is 0.871. The van der Waals surface area contributed by atoms with Gasteiger partial charge in [0.1, 0.15) is 18.1 Å². The molecule has 0 radical (unpaired) electrons. The number of esters is 1. The lowest BCUT2D eigenvalue weighted by atomic mass is 10.1. The van der Waals surface area contributed by atoms with Crippen LogP contribution in [0.15, 0.2) is 66.9 Å². The van der Waals surface area contributed by atoms with Crippen molar-refractivity contribution in [3.05, 3.63) is 83.6 Å². The standard InChI is InChI=1S/C23H21NO6/c1-26-22(25)17-10-11-24-20(14-17)30-19-9-5-8-18(21(19)23-27-12-13-28-23)29-15-16-6-3-2-4-7-16/h2-11,14,23H,12-13,15H2,1H3. The summed E-state index contributed by atoms with van der Waals surface area (Å²) in [6, 6.07) is 18.4. The van der Waals surface area contributed by atoms with E-state index in [0.29, 0.717) is 42.4 Å². The quantitative estimate of drug-likeness (QED) is 0.541. The monoisotopic (exact) mass is 407 g/mol. The van der Waals surface area contributed by atoms with E-state index in [0.717, 1.165) is 5.56 Å². The lowest BCUT2D eigenvalue weighted by Crippen LogP contribution is -2.07. The summed E-state index contributed by atoms with van der Waals surface area (Å²) in [5.41, 5.74) is 2.01. The van der Waals surface area contributed by atoms with Crippen LogP contribution in [-0.4, -0.2) is 31.3 Å². The number of hydrogen-bond donors (Lipinski definition) is 0. The molecule has 0 spiro atoms. The summed E-state index contributed by atoms with van der Waals surface area (Å²) < 4.78 is 28.2. The van der Waals surface area contributed by atoms with Gasteiger partial charge in [0.05, 0.1) is 31.5 Å². The highest BCUT2D eigenvalue weighted by Gasteiger charge is 2.27. The fourth-order valence-corrected chi connectivity index (χ4v) is 3.05. The van der Waals surface area contributed by atoms with Gasteiger partial charge in [0.15, 0.2) is 6.29 Å². The predicted molar refractivity (Wildman–Crippen MR) is 108 cm³/mol. The summed E-state index contributed by atoms with van der Waals surface area (Å²) in [4.78, 5) is 16.0. The summed E-state index contributed by atoms with van der Waals surface area (Å²) in [6.45, 7) is 1.35. The molecule has 154 valence electrons. The van der Waals surface area contributed by atoms with E-state index < -0.39 is 12.3 Å². The molecule has 0 N–H and O–H groups in total. The number of benzene rings is 2. The van der Waals surface area contributed by atoms with E-state index in [9.17, 15) is 4.79 Å². The van der Waals surface area contributed by atoms with Gasteiger partial charge in [0, 0.05) is 12.3 Å². The maximum Gasteiger partial charge on any atom is 0.338 e. The maximum absolute atomic E-state index is 11.8. The molecule has 0 saturated carbocycles. The Labute approximate surface area is 174 Å². The second kappa shape index (κ2) is 9.39. The Kier molecular flexibility index (Phi) is 6.22. The molecule has 0 bridgehead atoms. The molecule has 2 aromatic carbocycles. The molecule has 4 rings (SSSR count). The largest absolute Gasteiger partial charge is 0.488 e. The Hall–Kier alpha value is -3.42. The predicted octanol–water partition coefficient (Wildman–Crippen LogP) is 4.28. The highest BCUT2D eigenvalue weighted by molar-refractivity contribution is 5.89. The van der Waals surface area contributed by atoms with Gasteiger partial charge in [-0.15, -0.1) is 0 Å². The van der Waals surface area contributed by atoms with Crippen LogP contribution >= 0.6 is 0 Å². The average molecular weight is 407 g/mol. The zero-order valence-electron chi connectivity index (χ0n) is 16.4. The van der Waals surface area contributed by atoms with E-state index in [4.69, 9.17) is 23.7 Å². The molecule has 0 unspecified atom stereocenters. The fourth-order valence-electron chi connectivity index (χ4n) is 3.05. The van der Waals surface area contributed by atoms with Crippen molar-refractivity contribution in [3.8, 4) is 17.4 Å². The van der Waals surface area contributed by atoms with Crippen molar-refractivity contribution < 1.29 is 28.5 Å². The summed E-state index contributed by atoms with van der Waals surface area (Å²) in [7, 11) is 1.32. The molecule has 30 heavy (non-hydrogen) atoms. The number of pyridine rings is 1. The normalized spacial score (nSPS) is 13.8. The Morgan fingerprint density at radius 3 is 2.57 bits per heavy atom. The molecule has 2 heterocycles. The van der Waals surface area contributed by atoms with Crippen LogP contribution in [0.2, 0.25) is 0 Å². The first-order valence-corrected chi connectivity index (χ1v) is 9.49. The minimum atomic E-state index is -0.615. The summed E-state index contributed by atoms with van der Waals surface area (Å²) >= 11 is 0. The number of carbonyl (C=O) groups is 1. The second-order valence-corrected chi connectivity index (χ2v) is 6.49. The van der Waals surface area contributed by atoms with Gasteiger partial charge in [-0.1, -0.05) is 36.4 Å². The highest BCUT2D eigenvalue weighted by atomic mass is 16.7. The van der Waals surface area contributed by atoms with E-state index in [1.165, 1.54) is 19.4 Å². The van der Waals surface area contributed by atoms with Crippen LogP contribution in [-0.2, 0) is 20.8 Å². The van der Waals surface area contributed by atoms with Crippen molar-refractivity contribution in [2.24, 2.45) is 0 Å². The SMILES string of the molecule is COC(=O)c1ccnc(Oc2cccc(OCc3ccccc3)c2C2OCCO2)c1. The Balaban J connectivity index is 1.63. The zero-order chi connectivity index (χ0) is 20.8. The average Bonchev–Trinajstić information content (AvgIpc) is 3.32. The molecule has 1 fully saturated rings. The highest BCUT2D eigenvalue weighted by Crippen LogP contribution is 2.40. The van der Waals surface area contributed by atoms with Crippen molar-refractivity contribution in [2.75, 3.05) is 20.3 Å². The van der Waals surface area contributed by atoms with Gasteiger partial charge in [0.25, 0.3) is 0 Å². The first-order chi connectivity index (χ1) is 14.7. The Bertz CT molecular complexity index is 1000. The topological polar surface area (TPSA) is 76.1 Å². The molecule has 0 amide bonds. The number of nitrogens with zero attached hydrogens (tertiary/aromatic N) is 1. The number of methoxy groups -OCH3 is 1. The van der Waals surface area contributed by atoms with Gasteiger partial charge in [-0.2, -0.15) is 0 Å². The third-order valence-electron chi connectivity index (χ3n) is 4.49. The first-order valence-electron chi connectivity index (χ1n) is 9.49. The Morgan fingerprint density at radius 1 is 1.03 bits per heavy atom. The van der Waals surface area contributed by atoms with E-state index in [-0.39, 0.29) is 5.88 Å². The molecular formula is C23H21NO6. The molecule has 1 aromatic heterocycles. The minimum absolute atomic E-state index is 0.248. The molecule has 1 aliphatic heterocycles. The van der Waals surface area contributed by atoms with E-state index in [1.807, 2.05) is 42.5 Å². The molecule has 0 aliphatic carbocycles. The Morgan fingerprint density at radius 2 is 1.80 bits per heavy atom. The summed E-state index contributed by atoms with van der Waals surface area (Å²) in [5, 5.41) is 0. The fraction of sp³-hybridized carbons (Fsp3) is 0.217. The minimum Gasteiger partial charge on any atom is -0.488 e. The van der Waals surface area contributed by atoms with Crippen LogP contribution in [0.25, 0.3) is 0 Å². The number of rotatable bonds is 7. The third kappa shape index (κ3) is 4.59. The van der Waals surface area contributed by atoms with Crippen LogP contribution in [0.3, 0.4) is 0 Å². The van der Waals surface area contributed by atoms with Crippen molar-refractivity contribution >= 4 is 5.97 Å². The van der Waals surface area contributed by atoms with Crippen molar-refractivity contribution in [1.29, 1.82) is 0 Å². The van der Waals surface area contributed by atoms with Gasteiger partial charge in [-0.25, -0.2) is 9.78 Å². The summed E-state index contributed by atoms with van der Waals surface area (Å²) in [5.74, 6) is 0.844.